The minimum Gasteiger partial charge on any atom is -0.384 e. The fraction of sp³-hybridized carbons (Fsp3) is 0.188. The molecule has 2 aromatic carbocycles. The van der Waals surface area contributed by atoms with Crippen LogP contribution in [0, 0.1) is 6.92 Å². The molecule has 0 saturated heterocycles. The normalized spacial score (nSPS) is 21.5. The number of aryl methyl sites for hydroxylation is 1. The molecule has 1 aliphatic rings. The van der Waals surface area contributed by atoms with Gasteiger partial charge in [0.05, 0.1) is 0 Å². The maximum absolute atomic E-state index is 12.1. The first-order valence-corrected chi connectivity index (χ1v) is 6.54. The summed E-state index contributed by atoms with van der Waals surface area (Å²) in [6.45, 7) is 2.00. The number of carbonyl (C=O) groups is 1. The lowest BCUT2D eigenvalue weighted by Gasteiger charge is -2.15. The van der Waals surface area contributed by atoms with Crippen molar-refractivity contribution in [1.29, 1.82) is 0 Å². The summed E-state index contributed by atoms with van der Waals surface area (Å²) < 4.78 is 0. The number of benzene rings is 2. The third-order valence-corrected chi connectivity index (χ3v) is 3.87. The average Bonchev–Trinajstić information content (AvgIpc) is 2.63. The Balaban J connectivity index is 2.15. The van der Waals surface area contributed by atoms with Crippen LogP contribution in [-0.2, 0) is 0 Å². The lowest BCUT2D eigenvalue weighted by Crippen LogP contribution is -2.20. The van der Waals surface area contributed by atoms with Gasteiger partial charge in [-0.1, -0.05) is 41.4 Å². The van der Waals surface area contributed by atoms with Crippen molar-refractivity contribution in [3.05, 3.63) is 69.7 Å². The molecule has 2 aromatic rings. The molecule has 0 aliphatic heterocycles. The molecule has 0 bridgehead atoms. The molecule has 0 fully saturated rings. The Morgan fingerprint density at radius 3 is 2.47 bits per heavy atom. The van der Waals surface area contributed by atoms with E-state index in [1.54, 1.807) is 18.2 Å². The maximum Gasteiger partial charge on any atom is 0.192 e. The van der Waals surface area contributed by atoms with Gasteiger partial charge in [-0.2, -0.15) is 0 Å². The minimum atomic E-state index is -1.02. The van der Waals surface area contributed by atoms with E-state index in [9.17, 15) is 9.90 Å². The largest absolute Gasteiger partial charge is 0.384 e. The Morgan fingerprint density at radius 2 is 1.79 bits per heavy atom. The second-order valence-corrected chi connectivity index (χ2v) is 5.37. The highest BCUT2D eigenvalue weighted by Gasteiger charge is 2.39. The highest BCUT2D eigenvalue weighted by molar-refractivity contribution is 6.30. The Kier molecular flexibility index (Phi) is 2.92. The number of aliphatic hydroxyl groups excluding tert-OH is 1. The van der Waals surface area contributed by atoms with E-state index in [1.807, 2.05) is 31.2 Å². The van der Waals surface area contributed by atoms with Crippen molar-refractivity contribution in [1.82, 2.24) is 0 Å². The number of hydrogen-bond donors (Lipinski definition) is 1. The summed E-state index contributed by atoms with van der Waals surface area (Å²) in [7, 11) is 0. The molecule has 0 saturated carbocycles. The zero-order valence-electron chi connectivity index (χ0n) is 10.4. The second-order valence-electron chi connectivity index (χ2n) is 4.93. The van der Waals surface area contributed by atoms with Crippen LogP contribution in [0.5, 0.6) is 0 Å². The molecule has 96 valence electrons. The number of ketones is 1. The van der Waals surface area contributed by atoms with E-state index in [2.05, 4.69) is 0 Å². The van der Waals surface area contributed by atoms with Gasteiger partial charge in [0.1, 0.15) is 6.10 Å². The van der Waals surface area contributed by atoms with Crippen molar-refractivity contribution in [2.45, 2.75) is 18.9 Å². The molecule has 0 heterocycles. The van der Waals surface area contributed by atoms with Crippen molar-refractivity contribution in [2.75, 3.05) is 0 Å². The van der Waals surface area contributed by atoms with Crippen LogP contribution < -0.4 is 0 Å². The quantitative estimate of drug-likeness (QED) is 0.864. The summed E-state index contributed by atoms with van der Waals surface area (Å²) in [5.74, 6) is -0.543. The number of rotatable bonds is 1. The summed E-state index contributed by atoms with van der Waals surface area (Å²) >= 11 is 6.00. The first-order valence-electron chi connectivity index (χ1n) is 6.16. The van der Waals surface area contributed by atoms with Crippen LogP contribution in [0.2, 0.25) is 5.02 Å². The lowest BCUT2D eigenvalue weighted by molar-refractivity contribution is 0.0754. The van der Waals surface area contributed by atoms with E-state index in [0.29, 0.717) is 10.6 Å². The first kappa shape index (κ1) is 12.4. The molecule has 3 rings (SSSR count). The number of halogens is 1. The van der Waals surface area contributed by atoms with Crippen molar-refractivity contribution in [3.8, 4) is 0 Å². The minimum absolute atomic E-state index is 0.225. The SMILES string of the molecule is Cc1ccc([C@@H]2c3cc(Cl)ccc3C(=O)[C@@H]2O)cc1. The zero-order chi connectivity index (χ0) is 13.6. The predicted octanol–water partition coefficient (Wildman–Crippen LogP) is 3.34. The number of Topliss-reactive ketones (excluding diaryl/α,β-unsaturated/α-hetero) is 1. The van der Waals surface area contributed by atoms with Gasteiger partial charge in [0.25, 0.3) is 0 Å². The number of fused-ring (bicyclic) bond motifs is 1. The van der Waals surface area contributed by atoms with Gasteiger partial charge in [0, 0.05) is 16.5 Å². The number of aliphatic hydroxyl groups is 1. The van der Waals surface area contributed by atoms with Gasteiger partial charge in [0.15, 0.2) is 5.78 Å². The molecular weight excluding hydrogens is 260 g/mol. The van der Waals surface area contributed by atoms with Crippen LogP contribution in [0.4, 0.5) is 0 Å². The summed E-state index contributed by atoms with van der Waals surface area (Å²) in [5.41, 5.74) is 3.47. The van der Waals surface area contributed by atoms with Crippen LogP contribution in [0.15, 0.2) is 42.5 Å². The lowest BCUT2D eigenvalue weighted by atomic mass is 9.91. The van der Waals surface area contributed by atoms with Gasteiger partial charge in [-0.25, -0.2) is 0 Å². The first-order chi connectivity index (χ1) is 9.08. The Bertz CT molecular complexity index is 646. The van der Waals surface area contributed by atoms with Crippen molar-refractivity contribution < 1.29 is 9.90 Å². The fourth-order valence-corrected chi connectivity index (χ4v) is 2.81. The van der Waals surface area contributed by atoms with Gasteiger partial charge in [-0.15, -0.1) is 0 Å². The van der Waals surface area contributed by atoms with Crippen LogP contribution in [0.25, 0.3) is 0 Å². The topological polar surface area (TPSA) is 37.3 Å². The Labute approximate surface area is 116 Å². The van der Waals surface area contributed by atoms with Crippen molar-refractivity contribution in [2.24, 2.45) is 0 Å². The highest BCUT2D eigenvalue weighted by Crippen LogP contribution is 2.39. The van der Waals surface area contributed by atoms with E-state index in [0.717, 1.165) is 16.7 Å². The molecule has 0 radical (unpaired) electrons. The summed E-state index contributed by atoms with van der Waals surface area (Å²) in [6, 6.07) is 13.0. The molecule has 2 nitrogen and oxygen atoms in total. The Morgan fingerprint density at radius 1 is 1.11 bits per heavy atom. The monoisotopic (exact) mass is 272 g/mol. The average molecular weight is 273 g/mol. The fourth-order valence-electron chi connectivity index (χ4n) is 2.63. The smallest absolute Gasteiger partial charge is 0.192 e. The second kappa shape index (κ2) is 4.48. The van der Waals surface area contributed by atoms with Gasteiger partial charge in [0.2, 0.25) is 0 Å². The van der Waals surface area contributed by atoms with E-state index < -0.39 is 6.10 Å². The van der Waals surface area contributed by atoms with E-state index in [-0.39, 0.29) is 11.7 Å². The van der Waals surface area contributed by atoms with E-state index in [4.69, 9.17) is 11.6 Å². The molecule has 1 N–H and O–H groups in total. The van der Waals surface area contributed by atoms with Gasteiger partial charge in [-0.05, 0) is 36.2 Å². The molecule has 1 aliphatic carbocycles. The van der Waals surface area contributed by atoms with Gasteiger partial charge in [-0.3, -0.25) is 4.79 Å². The van der Waals surface area contributed by atoms with Crippen molar-refractivity contribution >= 4 is 17.4 Å². The molecule has 0 aromatic heterocycles. The van der Waals surface area contributed by atoms with Crippen LogP contribution in [0.1, 0.15) is 33.0 Å². The summed E-state index contributed by atoms with van der Waals surface area (Å²) in [5, 5.41) is 10.8. The zero-order valence-corrected chi connectivity index (χ0v) is 11.2. The predicted molar refractivity (Wildman–Crippen MR) is 74.8 cm³/mol. The summed E-state index contributed by atoms with van der Waals surface area (Å²) in [6.07, 6.45) is -1.02. The molecule has 3 heteroatoms. The van der Waals surface area contributed by atoms with E-state index >= 15 is 0 Å². The standard InChI is InChI=1S/C16H13ClO2/c1-9-2-4-10(5-3-9)14-13-8-11(17)6-7-12(13)15(18)16(14)19/h2-8,14,16,19H,1H3/t14-,16-/m1/s1. The van der Waals surface area contributed by atoms with Gasteiger partial charge < -0.3 is 5.11 Å². The number of hydrogen-bond acceptors (Lipinski definition) is 2. The molecular formula is C16H13ClO2. The molecule has 19 heavy (non-hydrogen) atoms. The van der Waals surface area contributed by atoms with Gasteiger partial charge >= 0.3 is 0 Å². The van der Waals surface area contributed by atoms with Crippen LogP contribution in [0.3, 0.4) is 0 Å². The molecule has 0 spiro atoms. The Hall–Kier alpha value is -1.64. The van der Waals surface area contributed by atoms with Crippen LogP contribution >= 0.6 is 11.6 Å². The van der Waals surface area contributed by atoms with E-state index in [1.165, 1.54) is 0 Å². The number of carbonyl (C=O) groups excluding carboxylic acids is 1. The molecule has 2 atom stereocenters. The third-order valence-electron chi connectivity index (χ3n) is 3.63. The van der Waals surface area contributed by atoms with Crippen molar-refractivity contribution in [3.63, 3.8) is 0 Å². The molecule has 0 amide bonds. The summed E-state index contributed by atoms with van der Waals surface area (Å²) in [4.78, 5) is 12.1. The highest BCUT2D eigenvalue weighted by atomic mass is 35.5. The third kappa shape index (κ3) is 1.97. The maximum atomic E-state index is 12.1. The molecule has 0 unspecified atom stereocenters. The van der Waals surface area contributed by atoms with Crippen LogP contribution in [-0.4, -0.2) is 17.0 Å².